The molecule has 0 radical (unpaired) electrons. The molecule has 0 aliphatic carbocycles. The second kappa shape index (κ2) is 11.5. The molecular formula is C19H29NO5. The smallest absolute Gasteiger partial charge is 0.333 e. The third kappa shape index (κ3) is 8.54. The first-order chi connectivity index (χ1) is 12.0. The number of nitrogens with one attached hydrogen (secondary N) is 1. The van der Waals surface area contributed by atoms with Crippen molar-refractivity contribution in [2.45, 2.75) is 58.1 Å². The van der Waals surface area contributed by atoms with Crippen LogP contribution in [-0.4, -0.2) is 42.8 Å². The lowest BCUT2D eigenvalue weighted by Gasteiger charge is -2.14. The highest BCUT2D eigenvalue weighted by Crippen LogP contribution is 2.14. The minimum absolute atomic E-state index is 0.0344. The van der Waals surface area contributed by atoms with Crippen LogP contribution in [0.3, 0.4) is 0 Å². The molecule has 6 nitrogen and oxygen atoms in total. The van der Waals surface area contributed by atoms with E-state index in [9.17, 15) is 9.59 Å². The van der Waals surface area contributed by atoms with E-state index in [-0.39, 0.29) is 25.0 Å². The van der Waals surface area contributed by atoms with Gasteiger partial charge in [-0.15, -0.1) is 0 Å². The number of ether oxygens (including phenoxy) is 2. The molecule has 1 aromatic carbocycles. The van der Waals surface area contributed by atoms with Gasteiger partial charge in [-0.25, -0.2) is 4.79 Å². The molecule has 0 saturated heterocycles. The lowest BCUT2D eigenvalue weighted by molar-refractivity contribution is -0.148. The molecule has 1 unspecified atom stereocenters. The second-order valence-corrected chi connectivity index (χ2v) is 6.16. The number of carboxylic acids is 1. The monoisotopic (exact) mass is 351 g/mol. The van der Waals surface area contributed by atoms with Gasteiger partial charge in [0.15, 0.2) is 12.7 Å². The van der Waals surface area contributed by atoms with E-state index in [1.54, 1.807) is 24.3 Å². The molecule has 0 saturated carbocycles. The number of carbonyl (C=O) groups is 2. The van der Waals surface area contributed by atoms with Crippen molar-refractivity contribution in [1.82, 2.24) is 5.32 Å². The van der Waals surface area contributed by atoms with Crippen LogP contribution in [0.15, 0.2) is 24.3 Å². The Morgan fingerprint density at radius 1 is 1.20 bits per heavy atom. The number of hydrogen-bond donors (Lipinski definition) is 2. The van der Waals surface area contributed by atoms with E-state index in [0.29, 0.717) is 5.75 Å². The number of carbonyl (C=O) groups excluding carboxylic acids is 1. The van der Waals surface area contributed by atoms with Gasteiger partial charge in [-0.1, -0.05) is 38.3 Å². The molecule has 0 fully saturated rings. The summed E-state index contributed by atoms with van der Waals surface area (Å²) in [6.07, 6.45) is 3.83. The zero-order chi connectivity index (χ0) is 18.7. The Labute approximate surface area is 149 Å². The van der Waals surface area contributed by atoms with Crippen molar-refractivity contribution < 1.29 is 24.2 Å². The van der Waals surface area contributed by atoms with E-state index in [1.807, 2.05) is 6.92 Å². The van der Waals surface area contributed by atoms with E-state index >= 15 is 0 Å². The molecule has 0 aliphatic rings. The summed E-state index contributed by atoms with van der Waals surface area (Å²) in [7, 11) is 1.37. The predicted octanol–water partition coefficient (Wildman–Crippen LogP) is 2.79. The number of hydrogen-bond acceptors (Lipinski definition) is 4. The molecule has 0 aliphatic heterocycles. The van der Waals surface area contributed by atoms with E-state index < -0.39 is 12.1 Å². The summed E-state index contributed by atoms with van der Waals surface area (Å²) in [5.74, 6) is -0.562. The number of unbranched alkanes of at least 4 members (excludes halogenated alkanes) is 2. The van der Waals surface area contributed by atoms with E-state index in [2.05, 4.69) is 12.2 Å². The zero-order valence-corrected chi connectivity index (χ0v) is 15.3. The minimum Gasteiger partial charge on any atom is -0.484 e. The van der Waals surface area contributed by atoms with Crippen LogP contribution >= 0.6 is 0 Å². The van der Waals surface area contributed by atoms with Crippen LogP contribution in [-0.2, 0) is 20.7 Å². The van der Waals surface area contributed by atoms with Crippen molar-refractivity contribution in [3.63, 3.8) is 0 Å². The molecule has 0 spiro atoms. The Balaban J connectivity index is 2.37. The quantitative estimate of drug-likeness (QED) is 0.566. The summed E-state index contributed by atoms with van der Waals surface area (Å²) >= 11 is 0. The maximum absolute atomic E-state index is 11.9. The first-order valence-electron chi connectivity index (χ1n) is 8.73. The number of carboxylic acid groups (broad SMARTS) is 1. The van der Waals surface area contributed by atoms with Gasteiger partial charge in [-0.05, 0) is 31.0 Å². The molecule has 0 aromatic heterocycles. The first-order valence-corrected chi connectivity index (χ1v) is 8.73. The summed E-state index contributed by atoms with van der Waals surface area (Å²) in [5, 5.41) is 11.9. The fourth-order valence-corrected chi connectivity index (χ4v) is 2.45. The topological polar surface area (TPSA) is 84.9 Å². The Hall–Kier alpha value is -2.08. The number of rotatable bonds is 12. The van der Waals surface area contributed by atoms with Crippen molar-refractivity contribution in [3.05, 3.63) is 29.8 Å². The van der Waals surface area contributed by atoms with Crippen molar-refractivity contribution in [1.29, 1.82) is 0 Å². The standard InChI is InChI=1S/C19H29NO5/c1-4-5-6-7-14(2)20-18(21)13-25-16-10-8-15(9-11-16)12-17(24-3)19(22)23/h8-11,14,17H,4-7,12-13H2,1-3H3,(H,20,21)(H,22,23)/t14?,17-/m0/s1. The molecule has 0 heterocycles. The highest BCUT2D eigenvalue weighted by atomic mass is 16.5. The average molecular weight is 351 g/mol. The van der Waals surface area contributed by atoms with Crippen molar-refractivity contribution in [2.24, 2.45) is 0 Å². The van der Waals surface area contributed by atoms with Crippen LogP contribution in [0.2, 0.25) is 0 Å². The zero-order valence-electron chi connectivity index (χ0n) is 15.3. The van der Waals surface area contributed by atoms with Gasteiger partial charge in [0.05, 0.1) is 0 Å². The maximum atomic E-state index is 11.9. The Morgan fingerprint density at radius 3 is 2.44 bits per heavy atom. The van der Waals surface area contributed by atoms with Crippen LogP contribution < -0.4 is 10.1 Å². The van der Waals surface area contributed by atoms with Gasteiger partial charge in [0.1, 0.15) is 5.75 Å². The number of benzene rings is 1. The molecule has 25 heavy (non-hydrogen) atoms. The Kier molecular flexibility index (Phi) is 9.62. The van der Waals surface area contributed by atoms with Gasteiger partial charge in [-0.2, -0.15) is 0 Å². The van der Waals surface area contributed by atoms with Crippen molar-refractivity contribution in [2.75, 3.05) is 13.7 Å². The van der Waals surface area contributed by atoms with Crippen LogP contribution in [0.25, 0.3) is 0 Å². The highest BCUT2D eigenvalue weighted by molar-refractivity contribution is 5.77. The van der Waals surface area contributed by atoms with Gasteiger partial charge in [0.25, 0.3) is 5.91 Å². The lowest BCUT2D eigenvalue weighted by Crippen LogP contribution is -2.36. The first kappa shape index (κ1) is 21.0. The van der Waals surface area contributed by atoms with E-state index in [1.165, 1.54) is 13.5 Å². The Morgan fingerprint density at radius 2 is 1.88 bits per heavy atom. The molecule has 0 bridgehead atoms. The third-order valence-corrected chi connectivity index (χ3v) is 3.92. The van der Waals surface area contributed by atoms with E-state index in [0.717, 1.165) is 24.8 Å². The maximum Gasteiger partial charge on any atom is 0.333 e. The predicted molar refractivity (Wildman–Crippen MR) is 95.8 cm³/mol. The van der Waals surface area contributed by atoms with Gasteiger partial charge in [-0.3, -0.25) is 4.79 Å². The molecule has 6 heteroatoms. The average Bonchev–Trinajstić information content (AvgIpc) is 2.58. The summed E-state index contributed by atoms with van der Waals surface area (Å²) in [4.78, 5) is 22.8. The molecule has 2 N–H and O–H groups in total. The van der Waals surface area contributed by atoms with E-state index in [4.69, 9.17) is 14.6 Å². The normalized spacial score (nSPS) is 13.1. The van der Waals surface area contributed by atoms with Crippen LogP contribution in [0.4, 0.5) is 0 Å². The summed E-state index contributed by atoms with van der Waals surface area (Å²) in [6.45, 7) is 4.11. The largest absolute Gasteiger partial charge is 0.484 e. The summed E-state index contributed by atoms with van der Waals surface area (Å²) in [5.41, 5.74) is 0.829. The minimum atomic E-state index is -0.993. The fourth-order valence-electron chi connectivity index (χ4n) is 2.45. The van der Waals surface area contributed by atoms with Gasteiger partial charge >= 0.3 is 5.97 Å². The Bertz CT molecular complexity index is 529. The van der Waals surface area contributed by atoms with Crippen LogP contribution in [0.5, 0.6) is 5.75 Å². The lowest BCUT2D eigenvalue weighted by atomic mass is 10.1. The fraction of sp³-hybridized carbons (Fsp3) is 0.579. The molecule has 1 aromatic rings. The molecular weight excluding hydrogens is 322 g/mol. The third-order valence-electron chi connectivity index (χ3n) is 3.92. The van der Waals surface area contributed by atoms with Crippen molar-refractivity contribution >= 4 is 11.9 Å². The van der Waals surface area contributed by atoms with Gasteiger partial charge < -0.3 is 19.9 Å². The SMILES string of the molecule is CCCCCC(C)NC(=O)COc1ccc(C[C@H](OC)C(=O)O)cc1. The number of methoxy groups -OCH3 is 1. The van der Waals surface area contributed by atoms with Gasteiger partial charge in [0, 0.05) is 19.6 Å². The summed E-state index contributed by atoms with van der Waals surface area (Å²) < 4.78 is 10.4. The molecule has 140 valence electrons. The molecule has 1 amide bonds. The number of aliphatic carboxylic acids is 1. The van der Waals surface area contributed by atoms with Gasteiger partial charge in [0.2, 0.25) is 0 Å². The molecule has 1 rings (SSSR count). The summed E-state index contributed by atoms with van der Waals surface area (Å²) in [6, 6.07) is 7.14. The highest BCUT2D eigenvalue weighted by Gasteiger charge is 2.16. The molecule has 2 atom stereocenters. The van der Waals surface area contributed by atoms with Crippen LogP contribution in [0, 0.1) is 0 Å². The van der Waals surface area contributed by atoms with Crippen molar-refractivity contribution in [3.8, 4) is 5.75 Å². The van der Waals surface area contributed by atoms with Crippen LogP contribution in [0.1, 0.15) is 45.1 Å². The number of amides is 1. The second-order valence-electron chi connectivity index (χ2n) is 6.16.